The summed E-state index contributed by atoms with van der Waals surface area (Å²) in [6.07, 6.45) is 66.2. The van der Waals surface area contributed by atoms with E-state index in [4.69, 9.17) is 14.2 Å². The van der Waals surface area contributed by atoms with Gasteiger partial charge in [-0.2, -0.15) is 0 Å². The Hall–Kier alpha value is -3.15. The molecule has 1 atom stereocenters. The van der Waals surface area contributed by atoms with Crippen LogP contribution in [0, 0.1) is 0 Å². The van der Waals surface area contributed by atoms with Crippen molar-refractivity contribution < 1.29 is 28.6 Å². The standard InChI is InChI=1S/C58H100O6/c1-4-7-10-13-16-19-22-25-27-29-31-33-36-39-42-45-48-51-57(60)63-54-55(53-62-56(59)50-47-44-41-38-35-32-24-21-18-15-12-9-6-3)64-58(61)52-49-46-43-40-37-34-30-28-26-23-20-17-14-11-8-5-2/h9,12,18,20-21,23,28,30,32,35,41,44,55H,4-8,10-11,13-17,19,22,24-27,29,31,33-34,36-40,42-43,45-54H2,1-3H3/b12-9-,21-18-,23-20-,30-28-,35-32-,44-41-. The summed E-state index contributed by atoms with van der Waals surface area (Å²) < 4.78 is 16.7. The number of carbonyl (C=O) groups excluding carboxylic acids is 3. The highest BCUT2D eigenvalue weighted by atomic mass is 16.6. The van der Waals surface area contributed by atoms with Crippen molar-refractivity contribution in [3.05, 3.63) is 72.9 Å². The van der Waals surface area contributed by atoms with Crippen LogP contribution >= 0.6 is 0 Å². The minimum Gasteiger partial charge on any atom is -0.462 e. The van der Waals surface area contributed by atoms with E-state index in [1.807, 2.05) is 6.08 Å². The minimum absolute atomic E-state index is 0.101. The molecule has 0 saturated carbocycles. The third kappa shape index (κ3) is 49.9. The number of allylic oxidation sites excluding steroid dienone is 12. The Bertz CT molecular complexity index is 1210. The molecule has 0 aromatic heterocycles. The first-order chi connectivity index (χ1) is 31.5. The van der Waals surface area contributed by atoms with Crippen molar-refractivity contribution in [3.63, 3.8) is 0 Å². The van der Waals surface area contributed by atoms with Gasteiger partial charge in [0.25, 0.3) is 0 Å². The molecule has 0 saturated heterocycles. The number of carbonyl (C=O) groups is 3. The van der Waals surface area contributed by atoms with Gasteiger partial charge in [0.2, 0.25) is 0 Å². The van der Waals surface area contributed by atoms with Crippen LogP contribution in [0.15, 0.2) is 72.9 Å². The van der Waals surface area contributed by atoms with Crippen LogP contribution in [0.1, 0.15) is 258 Å². The van der Waals surface area contributed by atoms with Gasteiger partial charge in [0.15, 0.2) is 6.10 Å². The van der Waals surface area contributed by atoms with Gasteiger partial charge in [0.05, 0.1) is 0 Å². The molecule has 0 aliphatic carbocycles. The van der Waals surface area contributed by atoms with E-state index >= 15 is 0 Å². The van der Waals surface area contributed by atoms with E-state index in [1.165, 1.54) is 122 Å². The second-order valence-electron chi connectivity index (χ2n) is 17.8. The smallest absolute Gasteiger partial charge is 0.306 e. The number of hydrogen-bond acceptors (Lipinski definition) is 6. The molecule has 368 valence electrons. The summed E-state index contributed by atoms with van der Waals surface area (Å²) in [7, 11) is 0. The molecule has 6 heteroatoms. The zero-order valence-corrected chi connectivity index (χ0v) is 42.0. The predicted octanol–water partition coefficient (Wildman–Crippen LogP) is 17.8. The number of hydrogen-bond donors (Lipinski definition) is 0. The summed E-state index contributed by atoms with van der Waals surface area (Å²) in [6, 6.07) is 0. The molecule has 0 aliphatic heterocycles. The predicted molar refractivity (Wildman–Crippen MR) is 274 cm³/mol. The lowest BCUT2D eigenvalue weighted by molar-refractivity contribution is -0.166. The van der Waals surface area contributed by atoms with Gasteiger partial charge in [-0.15, -0.1) is 0 Å². The van der Waals surface area contributed by atoms with E-state index in [9.17, 15) is 14.4 Å². The highest BCUT2D eigenvalue weighted by Gasteiger charge is 2.19. The van der Waals surface area contributed by atoms with Crippen molar-refractivity contribution >= 4 is 17.9 Å². The van der Waals surface area contributed by atoms with Crippen LogP contribution in [-0.2, 0) is 28.6 Å². The van der Waals surface area contributed by atoms with E-state index in [0.717, 1.165) is 89.9 Å². The summed E-state index contributed by atoms with van der Waals surface area (Å²) in [6.45, 7) is 6.44. The van der Waals surface area contributed by atoms with Crippen LogP contribution in [0.5, 0.6) is 0 Å². The fraction of sp³-hybridized carbons (Fsp3) is 0.741. The highest BCUT2D eigenvalue weighted by molar-refractivity contribution is 5.71. The number of ether oxygens (including phenoxy) is 3. The van der Waals surface area contributed by atoms with Crippen molar-refractivity contribution in [2.75, 3.05) is 13.2 Å². The second-order valence-corrected chi connectivity index (χ2v) is 17.8. The maximum absolute atomic E-state index is 12.8. The molecule has 0 rings (SSSR count). The molecular formula is C58H100O6. The highest BCUT2D eigenvalue weighted by Crippen LogP contribution is 2.15. The molecule has 0 aliphatic rings. The Morgan fingerprint density at radius 1 is 0.328 bits per heavy atom. The fourth-order valence-electron chi connectivity index (χ4n) is 7.43. The molecule has 0 amide bonds. The molecule has 0 N–H and O–H groups in total. The van der Waals surface area contributed by atoms with Gasteiger partial charge < -0.3 is 14.2 Å². The van der Waals surface area contributed by atoms with Gasteiger partial charge in [0.1, 0.15) is 13.2 Å². The van der Waals surface area contributed by atoms with Crippen molar-refractivity contribution in [2.24, 2.45) is 0 Å². The van der Waals surface area contributed by atoms with Crippen LogP contribution in [0.25, 0.3) is 0 Å². The Balaban J connectivity index is 4.45. The number of rotatable bonds is 48. The third-order valence-electron chi connectivity index (χ3n) is 11.5. The van der Waals surface area contributed by atoms with Gasteiger partial charge in [-0.3, -0.25) is 14.4 Å². The maximum atomic E-state index is 12.8. The van der Waals surface area contributed by atoms with Crippen LogP contribution in [-0.4, -0.2) is 37.2 Å². The number of esters is 3. The fourth-order valence-corrected chi connectivity index (χ4v) is 7.43. The SMILES string of the molecule is CC/C=C\C/C=C\C/C=C\C/C=C\CCC(=O)OCC(COC(=O)CCCCCCCCCCCCCCCCCCC)OC(=O)CCCCCCC/C=C\C/C=C\CCCCCC. The van der Waals surface area contributed by atoms with Gasteiger partial charge in [-0.05, 0) is 77.0 Å². The molecule has 0 aromatic carbocycles. The quantitative estimate of drug-likeness (QED) is 0.0262. The summed E-state index contributed by atoms with van der Waals surface area (Å²) in [5.41, 5.74) is 0. The summed E-state index contributed by atoms with van der Waals surface area (Å²) in [4.78, 5) is 38.0. The van der Waals surface area contributed by atoms with Crippen molar-refractivity contribution in [1.29, 1.82) is 0 Å². The molecule has 0 radical (unpaired) electrons. The van der Waals surface area contributed by atoms with Crippen LogP contribution in [0.3, 0.4) is 0 Å². The molecule has 0 heterocycles. The van der Waals surface area contributed by atoms with Gasteiger partial charge in [-0.25, -0.2) is 0 Å². The molecule has 6 nitrogen and oxygen atoms in total. The third-order valence-corrected chi connectivity index (χ3v) is 11.5. The topological polar surface area (TPSA) is 78.9 Å². The molecule has 0 spiro atoms. The lowest BCUT2D eigenvalue weighted by Crippen LogP contribution is -2.30. The average Bonchev–Trinajstić information content (AvgIpc) is 3.29. The Morgan fingerprint density at radius 2 is 0.641 bits per heavy atom. The van der Waals surface area contributed by atoms with Crippen LogP contribution in [0.2, 0.25) is 0 Å². The van der Waals surface area contributed by atoms with Gasteiger partial charge in [0, 0.05) is 19.3 Å². The molecule has 0 fully saturated rings. The summed E-state index contributed by atoms with van der Waals surface area (Å²) in [5, 5.41) is 0. The van der Waals surface area contributed by atoms with E-state index < -0.39 is 6.10 Å². The average molecular weight is 893 g/mol. The lowest BCUT2D eigenvalue weighted by Gasteiger charge is -2.18. The van der Waals surface area contributed by atoms with Gasteiger partial charge >= 0.3 is 17.9 Å². The monoisotopic (exact) mass is 893 g/mol. The van der Waals surface area contributed by atoms with Crippen molar-refractivity contribution in [3.8, 4) is 0 Å². The number of unbranched alkanes of at least 4 members (excludes halogenated alkanes) is 25. The zero-order valence-electron chi connectivity index (χ0n) is 42.0. The lowest BCUT2D eigenvalue weighted by atomic mass is 10.0. The van der Waals surface area contributed by atoms with Gasteiger partial charge in [-0.1, -0.05) is 235 Å². The summed E-state index contributed by atoms with van der Waals surface area (Å²) >= 11 is 0. The van der Waals surface area contributed by atoms with Crippen LogP contribution in [0.4, 0.5) is 0 Å². The molecule has 64 heavy (non-hydrogen) atoms. The first-order valence-electron chi connectivity index (χ1n) is 26.9. The Labute approximate surface area is 395 Å². The molecular weight excluding hydrogens is 793 g/mol. The Kier molecular flexibility index (Phi) is 49.9. The minimum atomic E-state index is -0.809. The molecule has 0 aromatic rings. The maximum Gasteiger partial charge on any atom is 0.306 e. The first kappa shape index (κ1) is 60.9. The normalized spacial score (nSPS) is 12.6. The Morgan fingerprint density at radius 3 is 1.06 bits per heavy atom. The molecule has 1 unspecified atom stereocenters. The van der Waals surface area contributed by atoms with E-state index in [1.54, 1.807) is 0 Å². The van der Waals surface area contributed by atoms with E-state index in [0.29, 0.717) is 19.3 Å². The van der Waals surface area contributed by atoms with Crippen molar-refractivity contribution in [1.82, 2.24) is 0 Å². The van der Waals surface area contributed by atoms with E-state index in [2.05, 4.69) is 87.6 Å². The van der Waals surface area contributed by atoms with E-state index in [-0.39, 0.29) is 37.5 Å². The summed E-state index contributed by atoms with van der Waals surface area (Å²) in [5.74, 6) is -0.995. The second kappa shape index (κ2) is 52.5. The largest absolute Gasteiger partial charge is 0.462 e. The first-order valence-corrected chi connectivity index (χ1v) is 26.9. The van der Waals surface area contributed by atoms with Crippen LogP contribution < -0.4 is 0 Å². The van der Waals surface area contributed by atoms with Crippen molar-refractivity contribution in [2.45, 2.75) is 264 Å². The molecule has 0 bridgehead atoms. The zero-order chi connectivity index (χ0) is 46.5.